The van der Waals surface area contributed by atoms with Crippen molar-refractivity contribution in [3.8, 4) is 0 Å². The largest absolute Gasteiger partial charge is 0.456 e. The lowest BCUT2D eigenvalue weighted by Crippen LogP contribution is -2.49. The van der Waals surface area contributed by atoms with Crippen LogP contribution in [0.25, 0.3) is 0 Å². The van der Waals surface area contributed by atoms with Gasteiger partial charge in [-0.05, 0) is 39.8 Å². The van der Waals surface area contributed by atoms with Gasteiger partial charge >= 0.3 is 12.0 Å². The number of rotatable bonds is 6. The first-order valence-electron chi connectivity index (χ1n) is 7.44. The summed E-state index contributed by atoms with van der Waals surface area (Å²) in [5, 5.41) is 4.60. The number of urea groups is 1. The van der Waals surface area contributed by atoms with E-state index in [1.807, 2.05) is 13.0 Å². The number of ketones is 1. The average molecular weight is 354 g/mol. The van der Waals surface area contributed by atoms with Gasteiger partial charge in [-0.2, -0.15) is 0 Å². The van der Waals surface area contributed by atoms with Crippen LogP contribution in [-0.2, 0) is 14.3 Å². The molecule has 0 saturated carbocycles. The van der Waals surface area contributed by atoms with Crippen molar-refractivity contribution in [2.24, 2.45) is 0 Å². The number of carbonyl (C=O) groups excluding carboxylic acids is 4. The molecular weight excluding hydrogens is 332 g/mol. The summed E-state index contributed by atoms with van der Waals surface area (Å²) in [6, 6.07) is 2.89. The molecule has 1 heterocycles. The van der Waals surface area contributed by atoms with Crippen LogP contribution in [0.5, 0.6) is 0 Å². The van der Waals surface area contributed by atoms with Crippen molar-refractivity contribution < 1.29 is 23.9 Å². The number of amides is 3. The van der Waals surface area contributed by atoms with Gasteiger partial charge in [-0.25, -0.2) is 4.79 Å². The predicted octanol–water partition coefficient (Wildman–Crippen LogP) is 2.19. The Labute approximate surface area is 144 Å². The minimum Gasteiger partial charge on any atom is -0.456 e. The molecule has 24 heavy (non-hydrogen) atoms. The number of carbonyl (C=O) groups is 4. The van der Waals surface area contributed by atoms with Crippen molar-refractivity contribution in [2.75, 3.05) is 6.61 Å². The molecule has 8 heteroatoms. The van der Waals surface area contributed by atoms with E-state index in [1.165, 1.54) is 11.3 Å². The third kappa shape index (κ3) is 7.87. The fraction of sp³-hybridized carbons (Fsp3) is 0.500. The topological polar surface area (TPSA) is 102 Å². The number of thiophene rings is 1. The van der Waals surface area contributed by atoms with Gasteiger partial charge in [0.15, 0.2) is 12.4 Å². The van der Waals surface area contributed by atoms with E-state index in [0.717, 1.165) is 4.88 Å². The van der Waals surface area contributed by atoms with Gasteiger partial charge in [-0.15, -0.1) is 11.3 Å². The summed E-state index contributed by atoms with van der Waals surface area (Å²) in [5.41, 5.74) is -0.485. The maximum atomic E-state index is 11.8. The molecule has 0 radical (unpaired) electrons. The molecule has 0 saturated heterocycles. The average Bonchev–Trinajstić information content (AvgIpc) is 2.87. The zero-order chi connectivity index (χ0) is 18.3. The Morgan fingerprint density at radius 3 is 2.33 bits per heavy atom. The molecule has 0 bridgehead atoms. The van der Waals surface area contributed by atoms with E-state index in [-0.39, 0.29) is 18.6 Å². The third-order valence-electron chi connectivity index (χ3n) is 2.68. The zero-order valence-electron chi connectivity index (χ0n) is 14.2. The quantitative estimate of drug-likeness (QED) is 0.602. The second-order valence-corrected chi connectivity index (χ2v) is 7.53. The highest BCUT2D eigenvalue weighted by molar-refractivity contribution is 7.14. The standard InChI is InChI=1S/C16H22N2O5S/c1-10-5-7-12(24-10)11(19)6-8-14(21)23-9-13(20)17-15(22)18-16(2,3)4/h5,7H,6,8-9H2,1-4H3,(H2,17,18,20,22). The second-order valence-electron chi connectivity index (χ2n) is 6.25. The number of ether oxygens (including phenoxy) is 1. The monoisotopic (exact) mass is 354 g/mol. The van der Waals surface area contributed by atoms with Gasteiger partial charge < -0.3 is 10.1 Å². The lowest BCUT2D eigenvalue weighted by atomic mass is 10.1. The molecule has 0 aliphatic carbocycles. The fourth-order valence-electron chi connectivity index (χ4n) is 1.68. The lowest BCUT2D eigenvalue weighted by molar-refractivity contribution is -0.148. The van der Waals surface area contributed by atoms with Crippen LogP contribution >= 0.6 is 11.3 Å². The molecular formula is C16H22N2O5S. The molecule has 0 aromatic carbocycles. The summed E-state index contributed by atoms with van der Waals surface area (Å²) in [6.45, 7) is 6.63. The van der Waals surface area contributed by atoms with Crippen LogP contribution in [0, 0.1) is 6.92 Å². The fourth-order valence-corrected chi connectivity index (χ4v) is 2.51. The Morgan fingerprint density at radius 2 is 1.79 bits per heavy atom. The molecule has 3 amide bonds. The number of aryl methyl sites for hydroxylation is 1. The zero-order valence-corrected chi connectivity index (χ0v) is 15.0. The van der Waals surface area contributed by atoms with Crippen molar-refractivity contribution in [3.05, 3.63) is 21.9 Å². The summed E-state index contributed by atoms with van der Waals surface area (Å²) < 4.78 is 4.75. The van der Waals surface area contributed by atoms with E-state index in [4.69, 9.17) is 4.74 Å². The van der Waals surface area contributed by atoms with E-state index in [0.29, 0.717) is 4.88 Å². The molecule has 0 aliphatic heterocycles. The predicted molar refractivity (Wildman–Crippen MR) is 90.0 cm³/mol. The third-order valence-corrected chi connectivity index (χ3v) is 3.72. The first-order valence-corrected chi connectivity index (χ1v) is 8.26. The summed E-state index contributed by atoms with van der Waals surface area (Å²) >= 11 is 1.37. The first-order chi connectivity index (χ1) is 11.1. The minimum absolute atomic E-state index is 0.0188. The highest BCUT2D eigenvalue weighted by atomic mass is 32.1. The van der Waals surface area contributed by atoms with Crippen LogP contribution in [0.1, 0.15) is 48.2 Å². The van der Waals surface area contributed by atoms with Gasteiger partial charge in [0.25, 0.3) is 5.91 Å². The molecule has 132 valence electrons. The van der Waals surface area contributed by atoms with Gasteiger partial charge in [0.1, 0.15) is 0 Å². The van der Waals surface area contributed by atoms with Crippen LogP contribution < -0.4 is 10.6 Å². The van der Waals surface area contributed by atoms with Crippen molar-refractivity contribution in [1.29, 1.82) is 0 Å². The smallest absolute Gasteiger partial charge is 0.321 e. The molecule has 7 nitrogen and oxygen atoms in total. The van der Waals surface area contributed by atoms with Crippen LogP contribution in [0.3, 0.4) is 0 Å². The number of Topliss-reactive ketones (excluding diaryl/α,β-unsaturated/α-hetero) is 1. The van der Waals surface area contributed by atoms with Gasteiger partial charge in [-0.3, -0.25) is 19.7 Å². The molecule has 0 atom stereocenters. The molecule has 0 unspecified atom stereocenters. The Balaban J connectivity index is 2.27. The number of nitrogens with one attached hydrogen (secondary N) is 2. The summed E-state index contributed by atoms with van der Waals surface area (Å²) in [7, 11) is 0. The Hall–Kier alpha value is -2.22. The number of hydrogen-bond acceptors (Lipinski definition) is 6. The summed E-state index contributed by atoms with van der Waals surface area (Å²) in [4.78, 5) is 48.0. The van der Waals surface area contributed by atoms with Crippen molar-refractivity contribution in [2.45, 2.75) is 46.1 Å². The first kappa shape index (κ1) is 19.8. The lowest BCUT2D eigenvalue weighted by Gasteiger charge is -2.20. The number of imide groups is 1. The Bertz CT molecular complexity index is 631. The van der Waals surface area contributed by atoms with E-state index in [9.17, 15) is 19.2 Å². The van der Waals surface area contributed by atoms with Gasteiger partial charge in [0.05, 0.1) is 11.3 Å². The maximum Gasteiger partial charge on any atom is 0.321 e. The molecule has 2 N–H and O–H groups in total. The summed E-state index contributed by atoms with van der Waals surface area (Å²) in [6.07, 6.45) is -0.0951. The highest BCUT2D eigenvalue weighted by Gasteiger charge is 2.17. The second kappa shape index (κ2) is 8.58. The molecule has 1 aromatic heterocycles. The molecule has 1 rings (SSSR count). The van der Waals surface area contributed by atoms with E-state index >= 15 is 0 Å². The molecule has 1 aromatic rings. The molecule has 0 aliphatic rings. The maximum absolute atomic E-state index is 11.8. The van der Waals surface area contributed by atoms with E-state index in [1.54, 1.807) is 26.8 Å². The van der Waals surface area contributed by atoms with Crippen LogP contribution in [-0.4, -0.2) is 35.8 Å². The van der Waals surface area contributed by atoms with E-state index in [2.05, 4.69) is 10.6 Å². The van der Waals surface area contributed by atoms with Crippen molar-refractivity contribution in [1.82, 2.24) is 10.6 Å². The summed E-state index contributed by atoms with van der Waals surface area (Å²) in [5.74, 6) is -1.53. The number of hydrogen-bond donors (Lipinski definition) is 2. The van der Waals surface area contributed by atoms with Crippen LogP contribution in [0.15, 0.2) is 12.1 Å². The van der Waals surface area contributed by atoms with Crippen molar-refractivity contribution >= 4 is 35.0 Å². The Morgan fingerprint density at radius 1 is 1.12 bits per heavy atom. The van der Waals surface area contributed by atoms with E-state index < -0.39 is 30.1 Å². The normalized spacial score (nSPS) is 10.8. The SMILES string of the molecule is Cc1ccc(C(=O)CCC(=O)OCC(=O)NC(=O)NC(C)(C)C)s1. The highest BCUT2D eigenvalue weighted by Crippen LogP contribution is 2.17. The van der Waals surface area contributed by atoms with Gasteiger partial charge in [0, 0.05) is 16.8 Å². The molecule has 0 fully saturated rings. The van der Waals surface area contributed by atoms with Gasteiger partial charge in [-0.1, -0.05) is 0 Å². The number of esters is 1. The minimum atomic E-state index is -0.731. The van der Waals surface area contributed by atoms with Crippen LogP contribution in [0.2, 0.25) is 0 Å². The van der Waals surface area contributed by atoms with Gasteiger partial charge in [0.2, 0.25) is 0 Å². The van der Waals surface area contributed by atoms with Crippen molar-refractivity contribution in [3.63, 3.8) is 0 Å². The Kier molecular flexibility index (Phi) is 7.09. The van der Waals surface area contributed by atoms with Crippen LogP contribution in [0.4, 0.5) is 4.79 Å². The molecule has 0 spiro atoms.